The number of rotatable bonds is 4. The smallest absolute Gasteiger partial charge is 0.332 e. The zero-order valence-electron chi connectivity index (χ0n) is 8.90. The maximum Gasteiger partial charge on any atom is 0.332 e. The second-order valence-electron chi connectivity index (χ2n) is 3.20. The molecule has 7 heteroatoms. The summed E-state index contributed by atoms with van der Waals surface area (Å²) in [7, 11) is 0. The van der Waals surface area contributed by atoms with Crippen LogP contribution < -0.4 is 5.32 Å². The second-order valence-corrected chi connectivity index (χ2v) is 3.54. The zero-order valence-corrected chi connectivity index (χ0v) is 9.65. The molecule has 0 amide bonds. The molecule has 1 aromatic rings. The van der Waals surface area contributed by atoms with Crippen LogP contribution in [0, 0.1) is 17.0 Å². The summed E-state index contributed by atoms with van der Waals surface area (Å²) in [6, 6.07) is -0.149. The largest absolute Gasteiger partial charge is 0.358 e. The Morgan fingerprint density at radius 3 is 2.75 bits per heavy atom. The van der Waals surface area contributed by atoms with Gasteiger partial charge in [0.25, 0.3) is 0 Å². The van der Waals surface area contributed by atoms with Crippen molar-refractivity contribution >= 4 is 23.1 Å². The first-order chi connectivity index (χ1) is 7.45. The van der Waals surface area contributed by atoms with Gasteiger partial charge in [-0.1, -0.05) is 6.08 Å². The molecule has 16 heavy (non-hydrogen) atoms. The summed E-state index contributed by atoms with van der Waals surface area (Å²) in [4.78, 5) is 17.8. The monoisotopic (exact) mass is 242 g/mol. The number of aryl methyl sites for hydroxylation is 1. The molecular formula is C9H11ClN4O2. The van der Waals surface area contributed by atoms with Crippen molar-refractivity contribution in [2.45, 2.75) is 19.9 Å². The minimum absolute atomic E-state index is 0.0261. The zero-order chi connectivity index (χ0) is 12.3. The summed E-state index contributed by atoms with van der Waals surface area (Å²) < 4.78 is 0. The molecule has 0 aliphatic heterocycles. The quantitative estimate of drug-likeness (QED) is 0.379. The molecule has 0 aliphatic rings. The predicted octanol–water partition coefficient (Wildman–Crippen LogP) is 2.33. The van der Waals surface area contributed by atoms with Gasteiger partial charge in [0.05, 0.1) is 4.92 Å². The van der Waals surface area contributed by atoms with E-state index in [1.807, 2.05) is 0 Å². The molecule has 86 valence electrons. The molecule has 1 N–H and O–H groups in total. The van der Waals surface area contributed by atoms with E-state index in [0.717, 1.165) is 0 Å². The second kappa shape index (κ2) is 4.89. The number of aromatic nitrogens is 2. The minimum Gasteiger partial charge on any atom is -0.358 e. The molecule has 0 fully saturated rings. The van der Waals surface area contributed by atoms with Crippen molar-refractivity contribution in [3.63, 3.8) is 0 Å². The van der Waals surface area contributed by atoms with Crippen LogP contribution in [0.15, 0.2) is 12.7 Å². The van der Waals surface area contributed by atoms with Crippen LogP contribution in [-0.2, 0) is 0 Å². The Morgan fingerprint density at radius 2 is 2.25 bits per heavy atom. The van der Waals surface area contributed by atoms with Crippen molar-refractivity contribution in [1.82, 2.24) is 9.97 Å². The third-order valence-corrected chi connectivity index (χ3v) is 2.10. The van der Waals surface area contributed by atoms with Gasteiger partial charge in [0.2, 0.25) is 11.1 Å². The highest BCUT2D eigenvalue weighted by Crippen LogP contribution is 2.26. The number of nitrogens with one attached hydrogen (secondary N) is 1. The summed E-state index contributed by atoms with van der Waals surface area (Å²) in [5.41, 5.74) is 0.0573. The fourth-order valence-corrected chi connectivity index (χ4v) is 1.34. The molecule has 1 unspecified atom stereocenters. The van der Waals surface area contributed by atoms with Crippen LogP contribution in [0.25, 0.3) is 0 Å². The number of nitro groups is 1. The Hall–Kier alpha value is -1.69. The fourth-order valence-electron chi connectivity index (χ4n) is 1.13. The summed E-state index contributed by atoms with van der Waals surface area (Å²) >= 11 is 5.64. The van der Waals surface area contributed by atoms with Gasteiger partial charge >= 0.3 is 5.69 Å². The standard InChI is InChI=1S/C9H11ClN4O2/c1-4-5(2)11-8-7(14(15)16)6(3)12-9(10)13-8/h4-5H,1H2,2-3H3,(H,11,12,13). The first-order valence-electron chi connectivity index (χ1n) is 4.53. The number of nitrogens with zero attached hydrogens (tertiary/aromatic N) is 3. The van der Waals surface area contributed by atoms with Gasteiger partial charge in [-0.3, -0.25) is 10.1 Å². The van der Waals surface area contributed by atoms with Gasteiger partial charge < -0.3 is 5.32 Å². The van der Waals surface area contributed by atoms with Crippen LogP contribution in [0.2, 0.25) is 5.28 Å². The van der Waals surface area contributed by atoms with Crippen LogP contribution >= 0.6 is 11.6 Å². The van der Waals surface area contributed by atoms with Gasteiger partial charge in [0, 0.05) is 6.04 Å². The van der Waals surface area contributed by atoms with Crippen LogP contribution in [-0.4, -0.2) is 20.9 Å². The summed E-state index contributed by atoms with van der Waals surface area (Å²) in [6.45, 7) is 6.87. The molecule has 0 spiro atoms. The number of hydrogen-bond acceptors (Lipinski definition) is 5. The van der Waals surface area contributed by atoms with Crippen molar-refractivity contribution in [1.29, 1.82) is 0 Å². The molecule has 1 heterocycles. The molecule has 0 aromatic carbocycles. The fraction of sp³-hybridized carbons (Fsp3) is 0.333. The van der Waals surface area contributed by atoms with Crippen molar-refractivity contribution in [2.75, 3.05) is 5.32 Å². The van der Waals surface area contributed by atoms with E-state index in [2.05, 4.69) is 21.9 Å². The van der Waals surface area contributed by atoms with E-state index in [9.17, 15) is 10.1 Å². The lowest BCUT2D eigenvalue weighted by molar-refractivity contribution is -0.385. The lowest BCUT2D eigenvalue weighted by Gasteiger charge is -2.10. The lowest BCUT2D eigenvalue weighted by Crippen LogP contribution is -2.15. The first kappa shape index (κ1) is 12.4. The van der Waals surface area contributed by atoms with Gasteiger partial charge in [-0.05, 0) is 25.4 Å². The Morgan fingerprint density at radius 1 is 1.62 bits per heavy atom. The van der Waals surface area contributed by atoms with Crippen molar-refractivity contribution in [3.05, 3.63) is 33.7 Å². The molecule has 1 atom stereocenters. The van der Waals surface area contributed by atoms with Gasteiger partial charge in [-0.15, -0.1) is 6.58 Å². The summed E-state index contributed by atoms with van der Waals surface area (Å²) in [5, 5.41) is 13.6. The Balaban J connectivity index is 3.23. The van der Waals surface area contributed by atoms with Crippen LogP contribution in [0.3, 0.4) is 0 Å². The van der Waals surface area contributed by atoms with Gasteiger partial charge in [0.1, 0.15) is 5.69 Å². The van der Waals surface area contributed by atoms with E-state index in [1.54, 1.807) is 13.0 Å². The number of hydrogen-bond donors (Lipinski definition) is 1. The average molecular weight is 243 g/mol. The van der Waals surface area contributed by atoms with Crippen molar-refractivity contribution in [3.8, 4) is 0 Å². The van der Waals surface area contributed by atoms with Crippen LogP contribution in [0.4, 0.5) is 11.5 Å². The molecule has 0 radical (unpaired) electrons. The predicted molar refractivity (Wildman–Crippen MR) is 61.7 cm³/mol. The molecular weight excluding hydrogens is 232 g/mol. The Kier molecular flexibility index (Phi) is 3.78. The maximum absolute atomic E-state index is 10.8. The average Bonchev–Trinajstić information content (AvgIpc) is 2.15. The minimum atomic E-state index is -0.538. The molecule has 1 rings (SSSR count). The highest BCUT2D eigenvalue weighted by Gasteiger charge is 2.22. The topological polar surface area (TPSA) is 81.0 Å². The molecule has 0 saturated carbocycles. The molecule has 1 aromatic heterocycles. The normalized spacial score (nSPS) is 11.9. The van der Waals surface area contributed by atoms with Crippen molar-refractivity contribution < 1.29 is 4.92 Å². The lowest BCUT2D eigenvalue weighted by atomic mass is 10.3. The Labute approximate surface area is 97.5 Å². The first-order valence-corrected chi connectivity index (χ1v) is 4.91. The van der Waals surface area contributed by atoms with Gasteiger partial charge in [0.15, 0.2) is 0 Å². The van der Waals surface area contributed by atoms with E-state index in [-0.39, 0.29) is 28.5 Å². The number of anilines is 1. The van der Waals surface area contributed by atoms with E-state index < -0.39 is 4.92 Å². The van der Waals surface area contributed by atoms with Crippen LogP contribution in [0.1, 0.15) is 12.6 Å². The van der Waals surface area contributed by atoms with Gasteiger partial charge in [-0.25, -0.2) is 4.98 Å². The van der Waals surface area contributed by atoms with Crippen molar-refractivity contribution in [2.24, 2.45) is 0 Å². The molecule has 6 nitrogen and oxygen atoms in total. The van der Waals surface area contributed by atoms with E-state index in [0.29, 0.717) is 0 Å². The van der Waals surface area contributed by atoms with E-state index >= 15 is 0 Å². The highest BCUT2D eigenvalue weighted by molar-refractivity contribution is 6.28. The molecule has 0 bridgehead atoms. The van der Waals surface area contributed by atoms with E-state index in [4.69, 9.17) is 11.6 Å². The Bertz CT molecular complexity index is 436. The van der Waals surface area contributed by atoms with Crippen LogP contribution in [0.5, 0.6) is 0 Å². The molecule has 0 aliphatic carbocycles. The summed E-state index contributed by atoms with van der Waals surface area (Å²) in [6.07, 6.45) is 1.61. The highest BCUT2D eigenvalue weighted by atomic mass is 35.5. The SMILES string of the molecule is C=CC(C)Nc1nc(Cl)nc(C)c1[N+](=O)[O-]. The third kappa shape index (κ3) is 2.66. The summed E-state index contributed by atoms with van der Waals surface area (Å²) in [5.74, 6) is 0.106. The maximum atomic E-state index is 10.8. The number of halogens is 1. The van der Waals surface area contributed by atoms with E-state index in [1.165, 1.54) is 6.92 Å². The third-order valence-electron chi connectivity index (χ3n) is 1.93. The van der Waals surface area contributed by atoms with Gasteiger partial charge in [-0.2, -0.15) is 4.98 Å². The molecule has 0 saturated heterocycles.